The van der Waals surface area contributed by atoms with Crippen LogP contribution >= 0.6 is 0 Å². The summed E-state index contributed by atoms with van der Waals surface area (Å²) >= 11 is 0. The second-order valence-corrected chi connectivity index (χ2v) is 6.33. The van der Waals surface area contributed by atoms with Crippen molar-refractivity contribution in [3.63, 3.8) is 0 Å². The number of carboxylic acids is 1. The molecule has 0 aromatic heterocycles. The minimum atomic E-state index is -0.909. The molecule has 0 saturated heterocycles. The molecule has 130 valence electrons. The van der Waals surface area contributed by atoms with E-state index in [1.54, 1.807) is 18.2 Å². The van der Waals surface area contributed by atoms with E-state index >= 15 is 0 Å². The summed E-state index contributed by atoms with van der Waals surface area (Å²) in [5.41, 5.74) is 3.07. The zero-order valence-electron chi connectivity index (χ0n) is 14.6. The lowest BCUT2D eigenvalue weighted by atomic mass is 10.1. The van der Waals surface area contributed by atoms with E-state index in [1.165, 1.54) is 0 Å². The van der Waals surface area contributed by atoms with Gasteiger partial charge in [-0.2, -0.15) is 5.26 Å². The summed E-state index contributed by atoms with van der Waals surface area (Å²) in [5, 5.41) is 18.1. The minimum absolute atomic E-state index is 0.309. The summed E-state index contributed by atoms with van der Waals surface area (Å²) < 4.78 is 0. The number of hydrogen-bond acceptors (Lipinski definition) is 4. The Morgan fingerprint density at radius 1 is 1.04 bits per heavy atom. The summed E-state index contributed by atoms with van der Waals surface area (Å²) in [5.74, 6) is -0.909. The lowest BCUT2D eigenvalue weighted by Crippen LogP contribution is -2.31. The van der Waals surface area contributed by atoms with Crippen LogP contribution in [0.4, 0.5) is 0 Å². The number of carboxylic acid groups (broad SMARTS) is 1. The molecule has 0 heterocycles. The highest BCUT2D eigenvalue weighted by atomic mass is 16.4. The van der Waals surface area contributed by atoms with Crippen LogP contribution in [0.2, 0.25) is 0 Å². The summed E-state index contributed by atoms with van der Waals surface area (Å²) in [7, 11) is 4.07. The highest BCUT2D eigenvalue weighted by molar-refractivity contribution is 5.87. The molecular formula is C20H23N3O2. The van der Waals surface area contributed by atoms with Gasteiger partial charge in [0, 0.05) is 26.2 Å². The Morgan fingerprint density at radius 3 is 2.32 bits per heavy atom. The Kier molecular flexibility index (Phi) is 6.70. The number of nitriles is 1. The third-order valence-electron chi connectivity index (χ3n) is 3.93. The third-order valence-corrected chi connectivity index (χ3v) is 3.93. The zero-order chi connectivity index (χ0) is 18.2. The van der Waals surface area contributed by atoms with Gasteiger partial charge in [0.2, 0.25) is 0 Å². The lowest BCUT2D eigenvalue weighted by Gasteiger charge is -2.24. The van der Waals surface area contributed by atoms with Crippen molar-refractivity contribution in [1.82, 2.24) is 9.80 Å². The van der Waals surface area contributed by atoms with Gasteiger partial charge in [0.25, 0.3) is 0 Å². The Morgan fingerprint density at radius 2 is 1.72 bits per heavy atom. The molecule has 0 unspecified atom stereocenters. The van der Waals surface area contributed by atoms with Gasteiger partial charge in [-0.3, -0.25) is 4.90 Å². The molecule has 0 spiro atoms. The topological polar surface area (TPSA) is 67.6 Å². The largest absolute Gasteiger partial charge is 0.478 e. The summed E-state index contributed by atoms with van der Waals surface area (Å²) in [6.45, 7) is 3.20. The summed E-state index contributed by atoms with van der Waals surface area (Å²) in [6.07, 6.45) is 0. The fraction of sp³-hybridized carbons (Fsp3) is 0.300. The van der Waals surface area contributed by atoms with Gasteiger partial charge < -0.3 is 10.0 Å². The van der Waals surface area contributed by atoms with Crippen LogP contribution in [0.3, 0.4) is 0 Å². The fourth-order valence-electron chi connectivity index (χ4n) is 2.56. The zero-order valence-corrected chi connectivity index (χ0v) is 14.6. The molecule has 2 rings (SSSR count). The first kappa shape index (κ1) is 18.7. The molecule has 0 radical (unpaired) electrons. The molecule has 5 heteroatoms. The fourth-order valence-corrected chi connectivity index (χ4v) is 2.56. The molecule has 1 N–H and O–H groups in total. The number of likely N-dealkylation sites (N-methyl/N-ethyl adjacent to an activating group) is 1. The molecule has 0 amide bonds. The van der Waals surface area contributed by atoms with E-state index in [2.05, 4.69) is 15.9 Å². The van der Waals surface area contributed by atoms with Crippen molar-refractivity contribution in [2.24, 2.45) is 0 Å². The normalized spacial score (nSPS) is 10.8. The average molecular weight is 337 g/mol. The molecule has 0 fully saturated rings. The molecular weight excluding hydrogens is 314 g/mol. The van der Waals surface area contributed by atoms with Crippen molar-refractivity contribution in [2.75, 3.05) is 27.2 Å². The number of rotatable bonds is 8. The van der Waals surface area contributed by atoms with E-state index in [-0.39, 0.29) is 0 Å². The van der Waals surface area contributed by atoms with Gasteiger partial charge >= 0.3 is 5.97 Å². The van der Waals surface area contributed by atoms with Crippen molar-refractivity contribution in [3.05, 3.63) is 70.8 Å². The molecule has 0 aliphatic carbocycles. The van der Waals surface area contributed by atoms with Crippen LogP contribution in [0.15, 0.2) is 48.5 Å². The predicted molar refractivity (Wildman–Crippen MR) is 97.2 cm³/mol. The molecule has 0 atom stereocenters. The maximum atomic E-state index is 11.2. The number of aromatic carboxylic acids is 1. The molecule has 0 aliphatic heterocycles. The van der Waals surface area contributed by atoms with E-state index in [0.717, 1.165) is 30.8 Å². The van der Waals surface area contributed by atoms with Gasteiger partial charge in [-0.25, -0.2) is 4.79 Å². The number of carbonyl (C=O) groups is 1. The van der Waals surface area contributed by atoms with Crippen LogP contribution < -0.4 is 0 Å². The highest BCUT2D eigenvalue weighted by Gasteiger charge is 2.10. The molecule has 25 heavy (non-hydrogen) atoms. The van der Waals surface area contributed by atoms with Crippen molar-refractivity contribution in [1.29, 1.82) is 5.26 Å². The van der Waals surface area contributed by atoms with E-state index < -0.39 is 5.97 Å². The minimum Gasteiger partial charge on any atom is -0.478 e. The van der Waals surface area contributed by atoms with Gasteiger partial charge in [-0.05, 0) is 49.5 Å². The molecule has 0 bridgehead atoms. The first-order chi connectivity index (χ1) is 12.0. The van der Waals surface area contributed by atoms with Crippen LogP contribution in [-0.2, 0) is 13.1 Å². The first-order valence-corrected chi connectivity index (χ1v) is 8.16. The van der Waals surface area contributed by atoms with Crippen LogP contribution in [0.1, 0.15) is 27.0 Å². The van der Waals surface area contributed by atoms with E-state index in [0.29, 0.717) is 17.7 Å². The van der Waals surface area contributed by atoms with Crippen LogP contribution in [0.25, 0.3) is 0 Å². The van der Waals surface area contributed by atoms with E-state index in [4.69, 9.17) is 10.4 Å². The van der Waals surface area contributed by atoms with Gasteiger partial charge in [0.05, 0.1) is 17.2 Å². The summed E-state index contributed by atoms with van der Waals surface area (Å²) in [6, 6.07) is 16.8. The van der Waals surface area contributed by atoms with E-state index in [9.17, 15) is 4.79 Å². The lowest BCUT2D eigenvalue weighted by molar-refractivity contribution is 0.0696. The van der Waals surface area contributed by atoms with Crippen molar-refractivity contribution in [3.8, 4) is 6.07 Å². The quantitative estimate of drug-likeness (QED) is 0.802. The van der Waals surface area contributed by atoms with Crippen molar-refractivity contribution >= 4 is 5.97 Å². The molecule has 2 aromatic carbocycles. The number of nitrogens with zero attached hydrogens (tertiary/aromatic N) is 3. The van der Waals surface area contributed by atoms with Crippen molar-refractivity contribution in [2.45, 2.75) is 13.1 Å². The second kappa shape index (κ2) is 8.97. The van der Waals surface area contributed by atoms with Gasteiger partial charge in [-0.1, -0.05) is 24.3 Å². The third kappa shape index (κ3) is 6.03. The van der Waals surface area contributed by atoms with Gasteiger partial charge in [0.1, 0.15) is 0 Å². The molecule has 0 saturated carbocycles. The first-order valence-electron chi connectivity index (χ1n) is 8.16. The van der Waals surface area contributed by atoms with Crippen LogP contribution in [0.5, 0.6) is 0 Å². The monoisotopic (exact) mass is 337 g/mol. The van der Waals surface area contributed by atoms with Crippen LogP contribution in [-0.4, -0.2) is 48.1 Å². The molecule has 2 aromatic rings. The van der Waals surface area contributed by atoms with E-state index in [1.807, 2.05) is 44.4 Å². The Balaban J connectivity index is 2.12. The Bertz CT molecular complexity index is 748. The van der Waals surface area contributed by atoms with Gasteiger partial charge in [0.15, 0.2) is 0 Å². The smallest absolute Gasteiger partial charge is 0.335 e. The number of hydrogen-bond donors (Lipinski definition) is 1. The van der Waals surface area contributed by atoms with Crippen molar-refractivity contribution < 1.29 is 9.90 Å². The second-order valence-electron chi connectivity index (χ2n) is 6.33. The SMILES string of the molecule is CN(C)CCN(Cc1ccc(C#N)cc1)Cc1cccc(C(=O)O)c1. The maximum absolute atomic E-state index is 11.2. The predicted octanol–water partition coefficient (Wildman–Crippen LogP) is 2.82. The maximum Gasteiger partial charge on any atom is 0.335 e. The van der Waals surface area contributed by atoms with Crippen LogP contribution in [0, 0.1) is 11.3 Å². The highest BCUT2D eigenvalue weighted by Crippen LogP contribution is 2.13. The number of benzene rings is 2. The average Bonchev–Trinajstić information content (AvgIpc) is 2.60. The Hall–Kier alpha value is -2.68. The molecule has 0 aliphatic rings. The standard InChI is InChI=1S/C20H23N3O2/c1-22(2)10-11-23(14-17-8-6-16(13-21)7-9-17)15-18-4-3-5-19(12-18)20(24)25/h3-9,12H,10-11,14-15H2,1-2H3,(H,24,25). The summed E-state index contributed by atoms with van der Waals surface area (Å²) in [4.78, 5) is 15.6. The molecule has 5 nitrogen and oxygen atoms in total. The Labute approximate surface area is 148 Å². The van der Waals surface area contributed by atoms with Gasteiger partial charge in [-0.15, -0.1) is 0 Å².